The molecule has 1 atom stereocenters. The summed E-state index contributed by atoms with van der Waals surface area (Å²) in [6.45, 7) is 0. The summed E-state index contributed by atoms with van der Waals surface area (Å²) >= 11 is 0. The predicted octanol–water partition coefficient (Wildman–Crippen LogP) is 5.45. The van der Waals surface area contributed by atoms with Crippen molar-refractivity contribution in [3.05, 3.63) is 83.4 Å². The van der Waals surface area contributed by atoms with Gasteiger partial charge in [0.1, 0.15) is 17.6 Å². The Labute approximate surface area is 170 Å². The first kappa shape index (κ1) is 19.1. The van der Waals surface area contributed by atoms with Crippen molar-refractivity contribution in [1.82, 2.24) is 0 Å². The summed E-state index contributed by atoms with van der Waals surface area (Å²) < 4.78 is 11.5. The van der Waals surface area contributed by atoms with Gasteiger partial charge in [0, 0.05) is 6.42 Å². The average molecular weight is 388 g/mol. The summed E-state index contributed by atoms with van der Waals surface area (Å²) in [6, 6.07) is 22.5. The molecule has 1 aliphatic rings. The van der Waals surface area contributed by atoms with Crippen LogP contribution in [0.1, 0.15) is 35.6 Å². The van der Waals surface area contributed by atoms with Crippen molar-refractivity contribution in [3.63, 3.8) is 0 Å². The summed E-state index contributed by atoms with van der Waals surface area (Å²) in [6.07, 6.45) is 2.70. The number of fused-ring (bicyclic) bond motifs is 1. The monoisotopic (exact) mass is 388 g/mol. The normalized spacial score (nSPS) is 15.0. The van der Waals surface area contributed by atoms with Crippen LogP contribution in [0.2, 0.25) is 0 Å². The van der Waals surface area contributed by atoms with Crippen LogP contribution in [0.3, 0.4) is 0 Å². The van der Waals surface area contributed by atoms with Crippen LogP contribution in [-0.2, 0) is 17.6 Å². The standard InChI is InChI=1S/C25H24O4/c1-28-21-11-5-18(6-12-21)19-7-13-23-20(16-19)8-14-24(23)29-22-9-2-17(3-10-22)4-15-25(26)27/h2-3,5-7,9-13,16,24H,4,8,14-15H2,1H3,(H,26,27). The highest BCUT2D eigenvalue weighted by atomic mass is 16.5. The molecule has 3 aromatic carbocycles. The Morgan fingerprint density at radius 3 is 2.34 bits per heavy atom. The highest BCUT2D eigenvalue weighted by Gasteiger charge is 2.24. The van der Waals surface area contributed by atoms with E-state index in [9.17, 15) is 4.79 Å². The largest absolute Gasteiger partial charge is 0.497 e. The Kier molecular flexibility index (Phi) is 5.52. The molecule has 29 heavy (non-hydrogen) atoms. The van der Waals surface area contributed by atoms with Crippen LogP contribution in [-0.4, -0.2) is 18.2 Å². The van der Waals surface area contributed by atoms with Crippen molar-refractivity contribution < 1.29 is 19.4 Å². The summed E-state index contributed by atoms with van der Waals surface area (Å²) in [5, 5.41) is 8.80. The zero-order valence-corrected chi connectivity index (χ0v) is 16.4. The molecule has 1 N–H and O–H groups in total. The van der Waals surface area contributed by atoms with E-state index in [2.05, 4.69) is 30.3 Å². The van der Waals surface area contributed by atoms with Crippen LogP contribution in [0.5, 0.6) is 11.5 Å². The number of rotatable bonds is 7. The second kappa shape index (κ2) is 8.39. The number of hydrogen-bond acceptors (Lipinski definition) is 3. The summed E-state index contributed by atoms with van der Waals surface area (Å²) in [4.78, 5) is 10.7. The van der Waals surface area contributed by atoms with E-state index in [1.807, 2.05) is 36.4 Å². The number of carboxylic acids is 1. The molecule has 0 fully saturated rings. The van der Waals surface area contributed by atoms with Crippen LogP contribution in [0.4, 0.5) is 0 Å². The molecule has 4 nitrogen and oxygen atoms in total. The SMILES string of the molecule is COc1ccc(-c2ccc3c(c2)CCC3Oc2ccc(CCC(=O)O)cc2)cc1. The van der Waals surface area contributed by atoms with Crippen LogP contribution >= 0.6 is 0 Å². The van der Waals surface area contributed by atoms with Gasteiger partial charge in [-0.1, -0.05) is 42.5 Å². The molecule has 0 aromatic heterocycles. The number of methoxy groups -OCH3 is 1. The minimum absolute atomic E-state index is 0.0554. The lowest BCUT2D eigenvalue weighted by molar-refractivity contribution is -0.136. The number of carbonyl (C=O) groups is 1. The minimum atomic E-state index is -0.776. The number of carboxylic acid groups (broad SMARTS) is 1. The van der Waals surface area contributed by atoms with Gasteiger partial charge in [-0.15, -0.1) is 0 Å². The number of aliphatic carboxylic acids is 1. The Morgan fingerprint density at radius 1 is 0.966 bits per heavy atom. The highest BCUT2D eigenvalue weighted by Crippen LogP contribution is 2.37. The van der Waals surface area contributed by atoms with Gasteiger partial charge in [-0.05, 0) is 71.3 Å². The van der Waals surface area contributed by atoms with Crippen LogP contribution in [0.15, 0.2) is 66.7 Å². The van der Waals surface area contributed by atoms with Gasteiger partial charge in [-0.3, -0.25) is 4.79 Å². The lowest BCUT2D eigenvalue weighted by Gasteiger charge is -2.16. The maximum absolute atomic E-state index is 10.7. The first-order valence-electron chi connectivity index (χ1n) is 9.87. The summed E-state index contributed by atoms with van der Waals surface area (Å²) in [5.74, 6) is 0.903. The molecule has 0 saturated carbocycles. The predicted molar refractivity (Wildman–Crippen MR) is 113 cm³/mol. The van der Waals surface area contributed by atoms with Gasteiger partial charge in [-0.25, -0.2) is 0 Å². The molecule has 1 aliphatic carbocycles. The van der Waals surface area contributed by atoms with Gasteiger partial charge >= 0.3 is 5.97 Å². The van der Waals surface area contributed by atoms with Gasteiger partial charge in [0.2, 0.25) is 0 Å². The molecular formula is C25H24O4. The fraction of sp³-hybridized carbons (Fsp3) is 0.240. The molecule has 1 unspecified atom stereocenters. The quantitative estimate of drug-likeness (QED) is 0.585. The van der Waals surface area contributed by atoms with Crippen LogP contribution < -0.4 is 9.47 Å². The number of benzene rings is 3. The summed E-state index contributed by atoms with van der Waals surface area (Å²) in [5.41, 5.74) is 5.97. The highest BCUT2D eigenvalue weighted by molar-refractivity contribution is 5.67. The third-order valence-electron chi connectivity index (χ3n) is 5.42. The molecule has 0 amide bonds. The van der Waals surface area contributed by atoms with E-state index in [4.69, 9.17) is 14.6 Å². The van der Waals surface area contributed by atoms with E-state index in [-0.39, 0.29) is 12.5 Å². The molecule has 0 spiro atoms. The maximum atomic E-state index is 10.7. The molecule has 0 bridgehead atoms. The first-order chi connectivity index (χ1) is 14.1. The topological polar surface area (TPSA) is 55.8 Å². The fourth-order valence-corrected chi connectivity index (χ4v) is 3.81. The Bertz CT molecular complexity index is 990. The van der Waals surface area contributed by atoms with Gasteiger partial charge in [0.25, 0.3) is 0 Å². The molecule has 0 aliphatic heterocycles. The summed E-state index contributed by atoms with van der Waals surface area (Å²) in [7, 11) is 1.67. The molecule has 0 heterocycles. The Balaban J connectivity index is 1.45. The van der Waals surface area contributed by atoms with Crippen molar-refractivity contribution in [3.8, 4) is 22.6 Å². The van der Waals surface area contributed by atoms with Crippen molar-refractivity contribution >= 4 is 5.97 Å². The Hall–Kier alpha value is -3.27. The van der Waals surface area contributed by atoms with E-state index in [1.54, 1.807) is 7.11 Å². The van der Waals surface area contributed by atoms with Gasteiger partial charge in [0.05, 0.1) is 7.11 Å². The molecule has 3 aromatic rings. The molecule has 148 valence electrons. The molecule has 0 radical (unpaired) electrons. The van der Waals surface area contributed by atoms with Crippen molar-refractivity contribution in [2.45, 2.75) is 31.8 Å². The number of ether oxygens (including phenoxy) is 2. The zero-order chi connectivity index (χ0) is 20.2. The van der Waals surface area contributed by atoms with Crippen LogP contribution in [0.25, 0.3) is 11.1 Å². The minimum Gasteiger partial charge on any atom is -0.497 e. The zero-order valence-electron chi connectivity index (χ0n) is 16.4. The maximum Gasteiger partial charge on any atom is 0.303 e. The fourth-order valence-electron chi connectivity index (χ4n) is 3.81. The van der Waals surface area contributed by atoms with E-state index in [1.165, 1.54) is 22.3 Å². The van der Waals surface area contributed by atoms with Crippen molar-refractivity contribution in [1.29, 1.82) is 0 Å². The lowest BCUT2D eigenvalue weighted by Crippen LogP contribution is -2.03. The second-order valence-electron chi connectivity index (χ2n) is 7.32. The first-order valence-corrected chi connectivity index (χ1v) is 9.87. The van der Waals surface area contributed by atoms with E-state index < -0.39 is 5.97 Å². The van der Waals surface area contributed by atoms with Gasteiger partial charge < -0.3 is 14.6 Å². The van der Waals surface area contributed by atoms with E-state index in [0.717, 1.165) is 29.9 Å². The van der Waals surface area contributed by atoms with E-state index >= 15 is 0 Å². The smallest absolute Gasteiger partial charge is 0.303 e. The number of hydrogen-bond donors (Lipinski definition) is 1. The van der Waals surface area contributed by atoms with Gasteiger partial charge in [0.15, 0.2) is 0 Å². The number of aryl methyl sites for hydroxylation is 2. The third kappa shape index (κ3) is 4.43. The molecule has 4 heteroatoms. The van der Waals surface area contributed by atoms with Crippen LogP contribution in [0, 0.1) is 0 Å². The second-order valence-corrected chi connectivity index (χ2v) is 7.32. The molecule has 4 rings (SSSR count). The van der Waals surface area contributed by atoms with E-state index in [0.29, 0.717) is 6.42 Å². The molecular weight excluding hydrogens is 364 g/mol. The Morgan fingerprint density at radius 2 is 1.66 bits per heavy atom. The third-order valence-corrected chi connectivity index (χ3v) is 5.42. The molecule has 0 saturated heterocycles. The van der Waals surface area contributed by atoms with Crippen molar-refractivity contribution in [2.75, 3.05) is 7.11 Å². The van der Waals surface area contributed by atoms with Crippen molar-refractivity contribution in [2.24, 2.45) is 0 Å². The lowest BCUT2D eigenvalue weighted by atomic mass is 10.00. The average Bonchev–Trinajstić information content (AvgIpc) is 3.15. The van der Waals surface area contributed by atoms with Gasteiger partial charge in [-0.2, -0.15) is 0 Å².